The van der Waals surface area contributed by atoms with Gasteiger partial charge in [0.05, 0.1) is 0 Å². The topological polar surface area (TPSA) is 56.1 Å². The van der Waals surface area contributed by atoms with Crippen molar-refractivity contribution >= 4 is 11.8 Å². The number of carbonyl (C=O) groups excluding carboxylic acids is 1. The number of aromatic nitrogens is 2. The second-order valence-corrected chi connectivity index (χ2v) is 4.78. The predicted octanol–water partition coefficient (Wildman–Crippen LogP) is 2.91. The van der Waals surface area contributed by atoms with Crippen LogP contribution in [0.1, 0.15) is 16.7 Å². The second-order valence-electron chi connectivity index (χ2n) is 4.78. The molecule has 1 N–H and O–H groups in total. The largest absolute Gasteiger partial charge is 0.447 e. The van der Waals surface area contributed by atoms with Crippen LogP contribution in [-0.4, -0.2) is 28.8 Å². The normalized spacial score (nSPS) is 10.3. The first-order chi connectivity index (χ1) is 9.58. The Morgan fingerprint density at radius 3 is 2.60 bits per heavy atom. The first-order valence-corrected chi connectivity index (χ1v) is 6.54. The number of hydrogen-bond donors (Lipinski definition) is 1. The van der Waals surface area contributed by atoms with Crippen molar-refractivity contribution in [3.8, 4) is 0 Å². The molecule has 5 nitrogen and oxygen atoms in total. The Hall–Kier alpha value is -2.30. The fourth-order valence-electron chi connectivity index (χ4n) is 2.21. The lowest BCUT2D eigenvalue weighted by Gasteiger charge is -2.14. The highest BCUT2D eigenvalue weighted by molar-refractivity contribution is 5.70. The highest BCUT2D eigenvalue weighted by Crippen LogP contribution is 2.21. The number of hydrogen-bond acceptors (Lipinski definition) is 4. The highest BCUT2D eigenvalue weighted by atomic mass is 16.5. The minimum atomic E-state index is -0.415. The van der Waals surface area contributed by atoms with Crippen molar-refractivity contribution < 1.29 is 9.53 Å². The number of aryl methyl sites for hydroxylation is 3. The van der Waals surface area contributed by atoms with Crippen molar-refractivity contribution in [1.82, 2.24) is 9.55 Å². The maximum atomic E-state index is 11.6. The molecule has 0 spiro atoms. The fraction of sp³-hybridized carbons (Fsp3) is 0.333. The second kappa shape index (κ2) is 6.23. The molecule has 0 atom stereocenters. The van der Waals surface area contributed by atoms with Gasteiger partial charge in [-0.05, 0) is 31.9 Å². The van der Waals surface area contributed by atoms with Gasteiger partial charge < -0.3 is 10.1 Å². The van der Waals surface area contributed by atoms with Crippen LogP contribution < -0.4 is 5.32 Å². The summed E-state index contributed by atoms with van der Waals surface area (Å²) in [6.45, 7) is 7.10. The number of ether oxygens (including phenoxy) is 1. The van der Waals surface area contributed by atoms with Gasteiger partial charge >= 0.3 is 6.09 Å². The molecule has 5 heteroatoms. The molecule has 0 aliphatic carbocycles. The van der Waals surface area contributed by atoms with Crippen LogP contribution in [0.2, 0.25) is 0 Å². The first-order valence-electron chi connectivity index (χ1n) is 6.54. The maximum absolute atomic E-state index is 11.6. The number of carbonyl (C=O) groups is 1. The Balaban J connectivity index is 1.83. The van der Waals surface area contributed by atoms with E-state index in [0.717, 1.165) is 5.69 Å². The summed E-state index contributed by atoms with van der Waals surface area (Å²) in [6.07, 6.45) is 4.11. The van der Waals surface area contributed by atoms with E-state index in [0.29, 0.717) is 13.2 Å². The molecule has 0 fully saturated rings. The number of nitrogens with one attached hydrogen (secondary N) is 1. The van der Waals surface area contributed by atoms with Gasteiger partial charge in [-0.3, -0.25) is 0 Å². The van der Waals surface area contributed by atoms with Gasteiger partial charge in [0, 0.05) is 24.6 Å². The van der Waals surface area contributed by atoms with Crippen LogP contribution in [0.25, 0.3) is 0 Å². The number of rotatable bonds is 4. The monoisotopic (exact) mass is 273 g/mol. The maximum Gasteiger partial charge on any atom is 0.419 e. The Morgan fingerprint density at radius 1 is 1.30 bits per heavy atom. The summed E-state index contributed by atoms with van der Waals surface area (Å²) < 4.78 is 6.44. The Morgan fingerprint density at radius 2 is 2.00 bits per heavy atom. The van der Waals surface area contributed by atoms with Crippen LogP contribution in [0.5, 0.6) is 0 Å². The molecule has 0 unspecified atom stereocenters. The summed E-state index contributed by atoms with van der Waals surface area (Å²) in [5.41, 5.74) is 4.75. The summed E-state index contributed by atoms with van der Waals surface area (Å²) in [4.78, 5) is 15.4. The minimum absolute atomic E-state index is 0.309. The molecule has 0 saturated heterocycles. The lowest BCUT2D eigenvalue weighted by molar-refractivity contribution is 0.152. The molecule has 1 aromatic carbocycles. The standard InChI is InChI=1S/C15H19N3O2/c1-11-8-12(2)14(13(3)9-11)17-5-7-20-15(19)18-6-4-16-10-18/h4,6,8-10,17H,5,7H2,1-3H3. The Bertz CT molecular complexity index is 568. The summed E-state index contributed by atoms with van der Waals surface area (Å²) in [5, 5.41) is 3.31. The highest BCUT2D eigenvalue weighted by Gasteiger charge is 2.06. The molecule has 106 valence electrons. The van der Waals surface area contributed by atoms with E-state index in [1.165, 1.54) is 27.6 Å². The lowest BCUT2D eigenvalue weighted by atomic mass is 10.1. The summed E-state index contributed by atoms with van der Waals surface area (Å²) in [7, 11) is 0. The first kappa shape index (κ1) is 14.1. The van der Waals surface area contributed by atoms with Gasteiger partial charge in [0.15, 0.2) is 0 Å². The molecule has 2 aromatic rings. The van der Waals surface area contributed by atoms with E-state index in [1.807, 2.05) is 0 Å². The summed E-state index contributed by atoms with van der Waals surface area (Å²) in [5.74, 6) is 0. The van der Waals surface area contributed by atoms with Crippen LogP contribution >= 0.6 is 0 Å². The van der Waals surface area contributed by atoms with Gasteiger partial charge in [-0.2, -0.15) is 0 Å². The molecule has 0 amide bonds. The van der Waals surface area contributed by atoms with Crippen LogP contribution in [0.15, 0.2) is 30.9 Å². The number of anilines is 1. The van der Waals surface area contributed by atoms with E-state index >= 15 is 0 Å². The molecule has 0 saturated carbocycles. The summed E-state index contributed by atoms with van der Waals surface area (Å²) in [6, 6.07) is 4.26. The van der Waals surface area contributed by atoms with Crippen molar-refractivity contribution in [2.24, 2.45) is 0 Å². The number of nitrogens with zero attached hydrogens (tertiary/aromatic N) is 2. The quantitative estimate of drug-likeness (QED) is 0.870. The molecule has 2 rings (SSSR count). The molecular weight excluding hydrogens is 254 g/mol. The Labute approximate surface area is 118 Å². The van der Waals surface area contributed by atoms with Crippen LogP contribution in [0, 0.1) is 20.8 Å². The average molecular weight is 273 g/mol. The van der Waals surface area contributed by atoms with Gasteiger partial charge in [-0.15, -0.1) is 0 Å². The van der Waals surface area contributed by atoms with Crippen molar-refractivity contribution in [2.45, 2.75) is 20.8 Å². The molecule has 0 aliphatic heterocycles. The fourth-order valence-corrected chi connectivity index (χ4v) is 2.21. The minimum Gasteiger partial charge on any atom is -0.447 e. The lowest BCUT2D eigenvalue weighted by Crippen LogP contribution is -2.18. The van der Waals surface area contributed by atoms with Gasteiger partial charge in [0.1, 0.15) is 12.9 Å². The molecule has 1 heterocycles. The van der Waals surface area contributed by atoms with E-state index in [2.05, 4.69) is 43.2 Å². The van der Waals surface area contributed by atoms with Crippen molar-refractivity contribution in [2.75, 3.05) is 18.5 Å². The zero-order valence-corrected chi connectivity index (χ0v) is 12.0. The van der Waals surface area contributed by atoms with Gasteiger partial charge in [-0.25, -0.2) is 14.3 Å². The third kappa shape index (κ3) is 3.38. The molecular formula is C15H19N3O2. The average Bonchev–Trinajstić information content (AvgIpc) is 2.90. The van der Waals surface area contributed by atoms with E-state index in [1.54, 1.807) is 12.4 Å². The zero-order valence-electron chi connectivity index (χ0n) is 12.0. The van der Waals surface area contributed by atoms with Crippen molar-refractivity contribution in [3.05, 3.63) is 47.5 Å². The molecule has 0 bridgehead atoms. The van der Waals surface area contributed by atoms with Crippen LogP contribution in [-0.2, 0) is 4.74 Å². The SMILES string of the molecule is Cc1cc(C)c(NCCOC(=O)n2ccnc2)c(C)c1. The van der Waals surface area contributed by atoms with Crippen LogP contribution in [0.4, 0.5) is 10.5 Å². The van der Waals surface area contributed by atoms with Gasteiger partial charge in [0.2, 0.25) is 0 Å². The number of benzene rings is 1. The molecule has 0 radical (unpaired) electrons. The van der Waals surface area contributed by atoms with E-state index < -0.39 is 6.09 Å². The van der Waals surface area contributed by atoms with Gasteiger partial charge in [0.25, 0.3) is 0 Å². The summed E-state index contributed by atoms with van der Waals surface area (Å²) >= 11 is 0. The molecule has 1 aromatic heterocycles. The van der Waals surface area contributed by atoms with E-state index in [9.17, 15) is 4.79 Å². The zero-order chi connectivity index (χ0) is 14.5. The Kier molecular flexibility index (Phi) is 4.40. The smallest absolute Gasteiger partial charge is 0.419 e. The predicted molar refractivity (Wildman–Crippen MR) is 78.1 cm³/mol. The third-order valence-electron chi connectivity index (χ3n) is 3.02. The van der Waals surface area contributed by atoms with E-state index in [4.69, 9.17) is 4.74 Å². The van der Waals surface area contributed by atoms with Crippen molar-refractivity contribution in [3.63, 3.8) is 0 Å². The van der Waals surface area contributed by atoms with Gasteiger partial charge in [-0.1, -0.05) is 17.7 Å². The van der Waals surface area contributed by atoms with Crippen LogP contribution in [0.3, 0.4) is 0 Å². The molecule has 0 aliphatic rings. The molecule has 20 heavy (non-hydrogen) atoms. The third-order valence-corrected chi connectivity index (χ3v) is 3.02. The van der Waals surface area contributed by atoms with Crippen molar-refractivity contribution in [1.29, 1.82) is 0 Å². The van der Waals surface area contributed by atoms with E-state index in [-0.39, 0.29) is 0 Å². The number of imidazole rings is 1.